The maximum absolute atomic E-state index is 6.41. The van der Waals surface area contributed by atoms with Crippen LogP contribution in [0.15, 0.2) is 140 Å². The Morgan fingerprint density at radius 3 is 1.95 bits per heavy atom. The predicted molar refractivity (Wildman–Crippen MR) is 183 cm³/mol. The summed E-state index contributed by atoms with van der Waals surface area (Å²) < 4.78 is 8.80. The molecule has 1 aliphatic heterocycles. The zero-order valence-corrected chi connectivity index (χ0v) is 25.3. The number of para-hydroxylation sites is 3. The normalized spacial score (nSPS) is 13.3. The quantitative estimate of drug-likeness (QED) is 0.205. The summed E-state index contributed by atoms with van der Waals surface area (Å²) in [7, 11) is 0. The third-order valence-electron chi connectivity index (χ3n) is 9.18. The van der Waals surface area contributed by atoms with Gasteiger partial charge in [0.25, 0.3) is 0 Å². The van der Waals surface area contributed by atoms with Crippen molar-refractivity contribution in [1.82, 2.24) is 4.57 Å². The molecule has 0 amide bonds. The lowest BCUT2D eigenvalue weighted by Gasteiger charge is -2.36. The predicted octanol–water partition coefficient (Wildman–Crippen LogP) is 11.2. The van der Waals surface area contributed by atoms with Gasteiger partial charge in [0.15, 0.2) is 0 Å². The van der Waals surface area contributed by atoms with Gasteiger partial charge in [0.2, 0.25) is 0 Å². The molecule has 44 heavy (non-hydrogen) atoms. The number of hydrogen-bond donors (Lipinski definition) is 0. The zero-order chi connectivity index (χ0) is 29.8. The molecule has 8 rings (SSSR count). The molecule has 0 fully saturated rings. The minimum Gasteiger partial charge on any atom is -0.457 e. The number of aryl methyl sites for hydroxylation is 1. The number of nitrogens with zero attached hydrogens (tertiary/aromatic N) is 2. The average Bonchev–Trinajstić information content (AvgIpc) is 3.39. The van der Waals surface area contributed by atoms with Crippen LogP contribution in [0, 0.1) is 0 Å². The van der Waals surface area contributed by atoms with Gasteiger partial charge in [-0.2, -0.15) is 0 Å². The van der Waals surface area contributed by atoms with Crippen LogP contribution in [0.5, 0.6) is 11.5 Å². The monoisotopic (exact) mass is 570 g/mol. The van der Waals surface area contributed by atoms with E-state index in [1.54, 1.807) is 0 Å². The Morgan fingerprint density at radius 1 is 0.568 bits per heavy atom. The molecule has 0 N–H and O–H groups in total. The van der Waals surface area contributed by atoms with E-state index in [1.165, 1.54) is 44.2 Å². The van der Waals surface area contributed by atoms with Crippen molar-refractivity contribution in [2.45, 2.75) is 32.6 Å². The summed E-state index contributed by atoms with van der Waals surface area (Å²) in [6.45, 7) is 6.80. The summed E-state index contributed by atoms with van der Waals surface area (Å²) in [5.74, 6) is 1.85. The molecule has 0 bridgehead atoms. The van der Waals surface area contributed by atoms with Crippen LogP contribution >= 0.6 is 0 Å². The van der Waals surface area contributed by atoms with Gasteiger partial charge < -0.3 is 14.2 Å². The highest BCUT2D eigenvalue weighted by atomic mass is 16.5. The Labute approximate surface area is 258 Å². The second-order valence-electron chi connectivity index (χ2n) is 12.2. The Hall–Kier alpha value is -5.28. The number of aromatic nitrogens is 1. The topological polar surface area (TPSA) is 17.4 Å². The van der Waals surface area contributed by atoms with Gasteiger partial charge in [0.1, 0.15) is 11.5 Å². The van der Waals surface area contributed by atoms with Gasteiger partial charge in [0, 0.05) is 50.1 Å². The molecule has 3 nitrogen and oxygen atoms in total. The highest BCUT2D eigenvalue weighted by molar-refractivity contribution is 6.11. The van der Waals surface area contributed by atoms with Crippen molar-refractivity contribution < 1.29 is 4.74 Å². The summed E-state index contributed by atoms with van der Waals surface area (Å²) in [6, 6.07) is 50.1. The number of hydrogen-bond acceptors (Lipinski definition) is 2. The van der Waals surface area contributed by atoms with E-state index in [1.807, 2.05) is 6.07 Å². The SMILES string of the molecule is CCc1ccc2c(c1)c1cc(N(c3ccccc3)c3ccc4c(c3)C(C)(C)c3ccccc3O4)ccc1n2-c1ccccc1. The van der Waals surface area contributed by atoms with Crippen LogP contribution in [0.25, 0.3) is 27.5 Å². The van der Waals surface area contributed by atoms with Gasteiger partial charge >= 0.3 is 0 Å². The fourth-order valence-corrected chi connectivity index (χ4v) is 6.87. The summed E-state index contributed by atoms with van der Waals surface area (Å²) in [6.07, 6.45) is 1.000. The third kappa shape index (κ3) is 4.11. The highest BCUT2D eigenvalue weighted by Gasteiger charge is 2.34. The Bertz CT molecular complexity index is 2160. The van der Waals surface area contributed by atoms with E-state index in [-0.39, 0.29) is 5.41 Å². The first kappa shape index (κ1) is 26.4. The molecular formula is C41H34N2O. The van der Waals surface area contributed by atoms with E-state index in [2.05, 4.69) is 164 Å². The van der Waals surface area contributed by atoms with E-state index < -0.39 is 0 Å². The maximum Gasteiger partial charge on any atom is 0.131 e. The van der Waals surface area contributed by atoms with Crippen molar-refractivity contribution in [2.75, 3.05) is 4.90 Å². The number of anilines is 3. The van der Waals surface area contributed by atoms with Gasteiger partial charge in [-0.1, -0.05) is 81.4 Å². The fourth-order valence-electron chi connectivity index (χ4n) is 6.87. The molecule has 0 spiro atoms. The number of rotatable bonds is 5. The van der Waals surface area contributed by atoms with E-state index in [9.17, 15) is 0 Å². The molecule has 1 aliphatic rings. The molecule has 0 atom stereocenters. The number of ether oxygens (including phenoxy) is 1. The minimum atomic E-state index is -0.202. The van der Waals surface area contributed by atoms with Crippen molar-refractivity contribution in [2.24, 2.45) is 0 Å². The van der Waals surface area contributed by atoms with Crippen molar-refractivity contribution in [3.8, 4) is 17.2 Å². The smallest absolute Gasteiger partial charge is 0.131 e. The lowest BCUT2D eigenvalue weighted by Crippen LogP contribution is -2.24. The molecule has 214 valence electrons. The van der Waals surface area contributed by atoms with E-state index in [0.29, 0.717) is 0 Å². The van der Waals surface area contributed by atoms with Crippen LogP contribution in [-0.4, -0.2) is 4.57 Å². The summed E-state index contributed by atoms with van der Waals surface area (Å²) in [4.78, 5) is 2.37. The van der Waals surface area contributed by atoms with Gasteiger partial charge in [-0.3, -0.25) is 0 Å². The van der Waals surface area contributed by atoms with Crippen LogP contribution in [0.4, 0.5) is 17.1 Å². The minimum absolute atomic E-state index is 0.202. The molecule has 3 heteroatoms. The van der Waals surface area contributed by atoms with Crippen molar-refractivity contribution in [1.29, 1.82) is 0 Å². The molecule has 0 saturated heterocycles. The fraction of sp³-hybridized carbons (Fsp3) is 0.122. The van der Waals surface area contributed by atoms with Crippen molar-refractivity contribution in [3.05, 3.63) is 156 Å². The third-order valence-corrected chi connectivity index (χ3v) is 9.18. The van der Waals surface area contributed by atoms with E-state index in [0.717, 1.165) is 35.0 Å². The van der Waals surface area contributed by atoms with Gasteiger partial charge in [-0.15, -0.1) is 0 Å². The molecule has 7 aromatic rings. The summed E-state index contributed by atoms with van der Waals surface area (Å²) >= 11 is 0. The van der Waals surface area contributed by atoms with Crippen LogP contribution < -0.4 is 9.64 Å². The highest BCUT2D eigenvalue weighted by Crippen LogP contribution is 2.50. The van der Waals surface area contributed by atoms with Gasteiger partial charge in [-0.05, 0) is 90.8 Å². The number of benzene rings is 6. The molecule has 6 aromatic carbocycles. The van der Waals surface area contributed by atoms with Gasteiger partial charge in [-0.25, -0.2) is 0 Å². The molecule has 0 saturated carbocycles. The second-order valence-corrected chi connectivity index (χ2v) is 12.2. The standard InChI is InChI=1S/C41H34N2O/c1-4-28-19-22-37-33(25-28)34-26-31(20-23-38(34)43(37)30-15-9-6-10-16-30)42(29-13-7-5-8-14-29)32-21-24-40-36(27-32)41(2,3)35-17-11-12-18-39(35)44-40/h5-27H,4H2,1-3H3. The Morgan fingerprint density at radius 2 is 1.18 bits per heavy atom. The summed E-state index contributed by atoms with van der Waals surface area (Å²) in [5, 5.41) is 2.52. The van der Waals surface area contributed by atoms with Crippen LogP contribution in [-0.2, 0) is 11.8 Å². The largest absolute Gasteiger partial charge is 0.457 e. The molecule has 0 unspecified atom stereocenters. The first-order chi connectivity index (χ1) is 21.5. The van der Waals surface area contributed by atoms with E-state index >= 15 is 0 Å². The Balaban J connectivity index is 1.35. The van der Waals surface area contributed by atoms with Crippen LogP contribution in [0.1, 0.15) is 37.5 Å². The zero-order valence-electron chi connectivity index (χ0n) is 25.3. The maximum atomic E-state index is 6.41. The lowest BCUT2D eigenvalue weighted by molar-refractivity contribution is 0.418. The first-order valence-electron chi connectivity index (χ1n) is 15.4. The van der Waals surface area contributed by atoms with Crippen molar-refractivity contribution >= 4 is 38.9 Å². The summed E-state index contributed by atoms with van der Waals surface area (Å²) in [5.41, 5.74) is 10.5. The molecule has 1 aromatic heterocycles. The van der Waals surface area contributed by atoms with Gasteiger partial charge in [0.05, 0.1) is 11.0 Å². The second kappa shape index (κ2) is 10.2. The first-order valence-corrected chi connectivity index (χ1v) is 15.4. The molecule has 0 radical (unpaired) electrons. The lowest BCUT2D eigenvalue weighted by atomic mass is 9.75. The average molecular weight is 571 g/mol. The van der Waals surface area contributed by atoms with Crippen LogP contribution in [0.2, 0.25) is 0 Å². The van der Waals surface area contributed by atoms with Crippen LogP contribution in [0.3, 0.4) is 0 Å². The van der Waals surface area contributed by atoms with E-state index in [4.69, 9.17) is 4.74 Å². The molecule has 0 aliphatic carbocycles. The molecular weight excluding hydrogens is 536 g/mol. The van der Waals surface area contributed by atoms with Crippen molar-refractivity contribution in [3.63, 3.8) is 0 Å². The number of fused-ring (bicyclic) bond motifs is 5. The molecule has 2 heterocycles. The Kier molecular flexibility index (Phi) is 6.09.